The van der Waals surface area contributed by atoms with Gasteiger partial charge in [0.05, 0.1) is 11.9 Å². The molecule has 0 spiro atoms. The Hall–Kier alpha value is -2.39. The fourth-order valence-corrected chi connectivity index (χ4v) is 3.05. The highest BCUT2D eigenvalue weighted by Gasteiger charge is 2.36. The van der Waals surface area contributed by atoms with E-state index in [2.05, 4.69) is 11.9 Å². The average Bonchev–Trinajstić information content (AvgIpc) is 2.97. The normalized spacial score (nSPS) is 13.7. The number of benzene rings is 2. The van der Waals surface area contributed by atoms with Crippen LogP contribution in [0.5, 0.6) is 0 Å². The van der Waals surface area contributed by atoms with Crippen LogP contribution in [0.1, 0.15) is 35.1 Å². The highest BCUT2D eigenvalue weighted by molar-refractivity contribution is 5.45. The lowest BCUT2D eigenvalue weighted by molar-refractivity contribution is 0.117. The molecule has 23 heavy (non-hydrogen) atoms. The molecule has 1 heterocycles. The van der Waals surface area contributed by atoms with E-state index >= 15 is 0 Å². The lowest BCUT2D eigenvalue weighted by Gasteiger charge is -2.30. The summed E-state index contributed by atoms with van der Waals surface area (Å²) in [6.07, 6.45) is 2.61. The van der Waals surface area contributed by atoms with Gasteiger partial charge in [-0.05, 0) is 18.1 Å². The Balaban J connectivity index is 2.25. The molecule has 0 aliphatic rings. The van der Waals surface area contributed by atoms with Crippen molar-refractivity contribution in [2.75, 3.05) is 0 Å². The Bertz CT molecular complexity index is 790. The molecule has 0 radical (unpaired) electrons. The molecule has 2 aromatic carbocycles. The van der Waals surface area contributed by atoms with E-state index in [0.29, 0.717) is 0 Å². The van der Waals surface area contributed by atoms with Crippen LogP contribution in [-0.2, 0) is 19.1 Å². The van der Waals surface area contributed by atoms with Crippen LogP contribution in [-0.4, -0.2) is 14.7 Å². The molecule has 0 saturated carbocycles. The molecule has 0 saturated heterocycles. The quantitative estimate of drug-likeness (QED) is 0.800. The van der Waals surface area contributed by atoms with Gasteiger partial charge in [-0.2, -0.15) is 0 Å². The van der Waals surface area contributed by atoms with Gasteiger partial charge in [0.15, 0.2) is 5.60 Å². The first-order valence-corrected chi connectivity index (χ1v) is 7.93. The van der Waals surface area contributed by atoms with Gasteiger partial charge in [-0.3, -0.25) is 0 Å². The minimum atomic E-state index is -1.22. The van der Waals surface area contributed by atoms with Gasteiger partial charge in [0, 0.05) is 13.5 Å². The van der Waals surface area contributed by atoms with Gasteiger partial charge in [-0.25, -0.2) is 4.98 Å². The van der Waals surface area contributed by atoms with Crippen molar-refractivity contribution in [3.8, 4) is 0 Å². The first-order chi connectivity index (χ1) is 11.1. The smallest absolute Gasteiger partial charge is 0.156 e. The van der Waals surface area contributed by atoms with E-state index in [0.717, 1.165) is 29.1 Å². The summed E-state index contributed by atoms with van der Waals surface area (Å²) >= 11 is 0. The number of hydrogen-bond acceptors (Lipinski definition) is 2. The summed E-state index contributed by atoms with van der Waals surface area (Å²) in [6.45, 7) is 4.12. The number of aryl methyl sites for hydroxylation is 2. The maximum atomic E-state index is 11.7. The van der Waals surface area contributed by atoms with Gasteiger partial charge in [-0.15, -0.1) is 0 Å². The highest BCUT2D eigenvalue weighted by atomic mass is 16.3. The Kier molecular flexibility index (Phi) is 4.05. The Morgan fingerprint density at radius 2 is 1.61 bits per heavy atom. The summed E-state index contributed by atoms with van der Waals surface area (Å²) in [5, 5.41) is 11.7. The molecule has 0 amide bonds. The molecule has 0 aliphatic carbocycles. The molecule has 118 valence electrons. The van der Waals surface area contributed by atoms with Crippen molar-refractivity contribution in [3.05, 3.63) is 89.0 Å². The predicted octanol–water partition coefficient (Wildman–Crippen LogP) is 3.58. The molecular formula is C20H22N2O. The molecule has 3 heteroatoms. The van der Waals surface area contributed by atoms with E-state index in [1.54, 1.807) is 6.20 Å². The van der Waals surface area contributed by atoms with Crippen molar-refractivity contribution in [1.29, 1.82) is 0 Å². The van der Waals surface area contributed by atoms with Crippen LogP contribution >= 0.6 is 0 Å². The minimum Gasteiger partial charge on any atom is -0.374 e. The fourth-order valence-electron chi connectivity index (χ4n) is 3.05. The van der Waals surface area contributed by atoms with Gasteiger partial charge in [0.2, 0.25) is 0 Å². The number of nitrogens with zero attached hydrogens (tertiary/aromatic N) is 2. The summed E-state index contributed by atoms with van der Waals surface area (Å²) in [4.78, 5) is 4.47. The summed E-state index contributed by atoms with van der Waals surface area (Å²) < 4.78 is 1.99. The zero-order valence-electron chi connectivity index (χ0n) is 13.8. The van der Waals surface area contributed by atoms with Crippen LogP contribution in [0.4, 0.5) is 0 Å². The molecule has 1 N–H and O–H groups in total. The Morgan fingerprint density at radius 1 is 1.00 bits per heavy atom. The van der Waals surface area contributed by atoms with Crippen molar-refractivity contribution < 1.29 is 5.11 Å². The van der Waals surface area contributed by atoms with Crippen LogP contribution < -0.4 is 0 Å². The zero-order chi connectivity index (χ0) is 16.4. The van der Waals surface area contributed by atoms with E-state index in [9.17, 15) is 5.11 Å². The van der Waals surface area contributed by atoms with E-state index in [1.807, 2.05) is 73.1 Å². The van der Waals surface area contributed by atoms with Gasteiger partial charge < -0.3 is 9.67 Å². The monoisotopic (exact) mass is 306 g/mol. The van der Waals surface area contributed by atoms with Crippen LogP contribution in [0, 0.1) is 6.92 Å². The maximum absolute atomic E-state index is 11.7. The van der Waals surface area contributed by atoms with Crippen molar-refractivity contribution >= 4 is 0 Å². The Morgan fingerprint density at radius 3 is 2.17 bits per heavy atom. The summed E-state index contributed by atoms with van der Waals surface area (Å²) in [7, 11) is 1.96. The second-order valence-electron chi connectivity index (χ2n) is 5.91. The molecule has 1 atom stereocenters. The maximum Gasteiger partial charge on any atom is 0.156 e. The number of rotatable bonds is 4. The van der Waals surface area contributed by atoms with Crippen LogP contribution in [0.2, 0.25) is 0 Å². The zero-order valence-corrected chi connectivity index (χ0v) is 13.8. The Labute approximate surface area is 137 Å². The standard InChI is InChI=1S/C20H22N2O/c1-4-19-21-14-18(22(19)3)20(23,16-8-6-5-7-9-16)17-12-10-15(2)11-13-17/h5-14,23H,4H2,1-3H3/t20-/m0/s1. The van der Waals surface area contributed by atoms with Crippen LogP contribution in [0.15, 0.2) is 60.8 Å². The number of aromatic nitrogens is 2. The lowest BCUT2D eigenvalue weighted by Crippen LogP contribution is -2.31. The van der Waals surface area contributed by atoms with Crippen LogP contribution in [0.3, 0.4) is 0 Å². The second-order valence-corrected chi connectivity index (χ2v) is 5.91. The summed E-state index contributed by atoms with van der Waals surface area (Å²) in [6, 6.07) is 17.8. The SMILES string of the molecule is CCc1ncc([C@](O)(c2ccccc2)c2ccc(C)cc2)n1C. The minimum absolute atomic E-state index is 0.782. The van der Waals surface area contributed by atoms with Crippen molar-refractivity contribution in [3.63, 3.8) is 0 Å². The summed E-state index contributed by atoms with van der Waals surface area (Å²) in [5.41, 5.74) is 2.42. The van der Waals surface area contributed by atoms with E-state index in [-0.39, 0.29) is 0 Å². The molecule has 0 aliphatic heterocycles. The third kappa shape index (κ3) is 2.57. The van der Waals surface area contributed by atoms with Gasteiger partial charge in [-0.1, -0.05) is 67.1 Å². The molecule has 0 unspecified atom stereocenters. The van der Waals surface area contributed by atoms with Crippen molar-refractivity contribution in [2.24, 2.45) is 7.05 Å². The van der Waals surface area contributed by atoms with Crippen LogP contribution in [0.25, 0.3) is 0 Å². The van der Waals surface area contributed by atoms with E-state index < -0.39 is 5.60 Å². The van der Waals surface area contributed by atoms with Gasteiger partial charge in [0.25, 0.3) is 0 Å². The third-order valence-electron chi connectivity index (χ3n) is 4.43. The number of hydrogen-bond donors (Lipinski definition) is 1. The third-order valence-corrected chi connectivity index (χ3v) is 4.43. The molecule has 0 fully saturated rings. The van der Waals surface area contributed by atoms with Crippen molar-refractivity contribution in [1.82, 2.24) is 9.55 Å². The molecular weight excluding hydrogens is 284 g/mol. The number of imidazole rings is 1. The molecule has 3 nitrogen and oxygen atoms in total. The highest BCUT2D eigenvalue weighted by Crippen LogP contribution is 2.36. The molecule has 1 aromatic heterocycles. The molecule has 0 bridgehead atoms. The second kappa shape index (κ2) is 6.01. The topological polar surface area (TPSA) is 38.1 Å². The van der Waals surface area contributed by atoms with Gasteiger partial charge >= 0.3 is 0 Å². The largest absolute Gasteiger partial charge is 0.374 e. The first-order valence-electron chi connectivity index (χ1n) is 7.93. The average molecular weight is 306 g/mol. The van der Waals surface area contributed by atoms with Crippen molar-refractivity contribution in [2.45, 2.75) is 25.9 Å². The number of aliphatic hydroxyl groups is 1. The fraction of sp³-hybridized carbons (Fsp3) is 0.250. The lowest BCUT2D eigenvalue weighted by atomic mass is 9.83. The predicted molar refractivity (Wildman–Crippen MR) is 92.3 cm³/mol. The van der Waals surface area contributed by atoms with E-state index in [1.165, 1.54) is 5.56 Å². The molecule has 3 rings (SSSR count). The summed E-state index contributed by atoms with van der Waals surface area (Å²) in [5.74, 6) is 0.960. The van der Waals surface area contributed by atoms with E-state index in [4.69, 9.17) is 0 Å². The first kappa shape index (κ1) is 15.5. The molecule has 3 aromatic rings. The van der Waals surface area contributed by atoms with Gasteiger partial charge in [0.1, 0.15) is 5.82 Å².